The summed E-state index contributed by atoms with van der Waals surface area (Å²) in [6.07, 6.45) is -6.31. The molecule has 0 radical (unpaired) electrons. The third kappa shape index (κ3) is 3.20. The Balaban J connectivity index is 1.49. The van der Waals surface area contributed by atoms with Gasteiger partial charge in [0.15, 0.2) is 0 Å². The first kappa shape index (κ1) is 20.3. The van der Waals surface area contributed by atoms with Crippen molar-refractivity contribution >= 4 is 12.1 Å². The largest absolute Gasteiger partial charge is 0.480 e. The Kier molecular flexibility index (Phi) is 4.95. The van der Waals surface area contributed by atoms with Crippen molar-refractivity contribution in [2.75, 3.05) is 6.61 Å². The molecule has 0 saturated heterocycles. The lowest BCUT2D eigenvalue weighted by Gasteiger charge is -2.46. The maximum absolute atomic E-state index is 13.5. The molecule has 2 N–H and O–H groups in total. The summed E-state index contributed by atoms with van der Waals surface area (Å²) >= 11 is 0. The van der Waals surface area contributed by atoms with Gasteiger partial charge in [-0.25, -0.2) is 9.59 Å². The lowest BCUT2D eigenvalue weighted by Crippen LogP contribution is -2.62. The van der Waals surface area contributed by atoms with E-state index in [4.69, 9.17) is 4.74 Å². The van der Waals surface area contributed by atoms with Crippen molar-refractivity contribution in [1.82, 2.24) is 5.32 Å². The highest BCUT2D eigenvalue weighted by Gasteiger charge is 2.65. The average Bonchev–Trinajstić information content (AvgIpc) is 2.97. The van der Waals surface area contributed by atoms with Crippen LogP contribution in [0.4, 0.5) is 18.0 Å². The van der Waals surface area contributed by atoms with Crippen LogP contribution in [0.5, 0.6) is 0 Å². The molecule has 1 amide bonds. The van der Waals surface area contributed by atoms with Gasteiger partial charge in [-0.15, -0.1) is 0 Å². The van der Waals surface area contributed by atoms with Gasteiger partial charge < -0.3 is 15.2 Å². The number of benzene rings is 2. The van der Waals surface area contributed by atoms with Crippen LogP contribution in [0.25, 0.3) is 11.1 Å². The predicted octanol–water partition coefficient (Wildman–Crippen LogP) is 4.71. The zero-order valence-corrected chi connectivity index (χ0v) is 15.9. The number of carbonyl (C=O) groups excluding carboxylic acids is 1. The quantitative estimate of drug-likeness (QED) is 0.736. The van der Waals surface area contributed by atoms with Gasteiger partial charge in [0.2, 0.25) is 0 Å². The number of carbonyl (C=O) groups is 2. The first-order valence-corrected chi connectivity index (χ1v) is 9.66. The molecule has 1 fully saturated rings. The molecule has 0 bridgehead atoms. The lowest BCUT2D eigenvalue weighted by molar-refractivity contribution is -0.261. The number of halogens is 3. The third-order valence-electron chi connectivity index (χ3n) is 6.22. The number of aliphatic carboxylic acids is 1. The molecule has 30 heavy (non-hydrogen) atoms. The third-order valence-corrected chi connectivity index (χ3v) is 6.22. The van der Waals surface area contributed by atoms with Gasteiger partial charge in [0, 0.05) is 5.92 Å². The molecule has 2 aromatic carbocycles. The molecule has 0 aromatic heterocycles. The molecule has 0 heterocycles. The Labute approximate surface area is 170 Å². The van der Waals surface area contributed by atoms with Crippen LogP contribution in [0.1, 0.15) is 36.3 Å². The van der Waals surface area contributed by atoms with E-state index in [0.717, 1.165) is 22.3 Å². The van der Waals surface area contributed by atoms with Gasteiger partial charge in [-0.2, -0.15) is 13.2 Å². The Morgan fingerprint density at radius 3 is 2.03 bits per heavy atom. The van der Waals surface area contributed by atoms with Crippen LogP contribution in [0.3, 0.4) is 0 Å². The molecule has 0 aliphatic heterocycles. The van der Waals surface area contributed by atoms with Crippen LogP contribution in [0.15, 0.2) is 48.5 Å². The van der Waals surface area contributed by atoms with E-state index in [9.17, 15) is 27.9 Å². The first-order chi connectivity index (χ1) is 14.2. The Bertz CT molecular complexity index is 939. The smallest absolute Gasteiger partial charge is 0.407 e. The van der Waals surface area contributed by atoms with Gasteiger partial charge in [-0.3, -0.25) is 0 Å². The van der Waals surface area contributed by atoms with Gasteiger partial charge in [-0.05, 0) is 35.1 Å². The van der Waals surface area contributed by atoms with E-state index in [1.165, 1.54) is 0 Å². The van der Waals surface area contributed by atoms with E-state index in [0.29, 0.717) is 0 Å². The fraction of sp³-hybridized carbons (Fsp3) is 0.364. The second-order valence-corrected chi connectivity index (χ2v) is 7.75. The highest BCUT2D eigenvalue weighted by Crippen LogP contribution is 2.55. The summed E-state index contributed by atoms with van der Waals surface area (Å²) in [7, 11) is 0. The van der Waals surface area contributed by atoms with E-state index < -0.39 is 29.7 Å². The summed E-state index contributed by atoms with van der Waals surface area (Å²) in [6, 6.07) is 13.2. The molecular formula is C22H20F3NO4. The second kappa shape index (κ2) is 7.34. The standard InChI is InChI=1S/C22H20F3NO4/c23-22(24,25)21(10-5-11-21)18(19(27)28)26-20(29)30-12-17-15-8-3-1-6-13(15)14-7-2-4-9-16(14)17/h1-4,6-9,17-18H,5,10-12H2,(H,26,29)(H,27,28). The Morgan fingerprint density at radius 1 is 1.07 bits per heavy atom. The average molecular weight is 419 g/mol. The van der Waals surface area contributed by atoms with E-state index in [-0.39, 0.29) is 31.8 Å². The molecule has 2 aliphatic rings. The first-order valence-electron chi connectivity index (χ1n) is 9.66. The summed E-state index contributed by atoms with van der Waals surface area (Å²) in [5.74, 6) is -1.99. The van der Waals surface area contributed by atoms with Gasteiger partial charge in [-0.1, -0.05) is 55.0 Å². The van der Waals surface area contributed by atoms with Crippen molar-refractivity contribution in [1.29, 1.82) is 0 Å². The monoisotopic (exact) mass is 419 g/mol. The molecular weight excluding hydrogens is 399 g/mol. The van der Waals surface area contributed by atoms with Crippen molar-refractivity contribution in [3.05, 3.63) is 59.7 Å². The van der Waals surface area contributed by atoms with Crippen molar-refractivity contribution in [2.24, 2.45) is 5.41 Å². The fourth-order valence-electron chi connectivity index (χ4n) is 4.49. The summed E-state index contributed by atoms with van der Waals surface area (Å²) in [5, 5.41) is 11.3. The van der Waals surface area contributed by atoms with Crippen LogP contribution in [0, 0.1) is 5.41 Å². The fourth-order valence-corrected chi connectivity index (χ4v) is 4.49. The normalized spacial score (nSPS) is 18.0. The van der Waals surface area contributed by atoms with E-state index in [2.05, 4.69) is 0 Å². The van der Waals surface area contributed by atoms with Crippen LogP contribution >= 0.6 is 0 Å². The molecule has 0 spiro atoms. The highest BCUT2D eigenvalue weighted by molar-refractivity contribution is 5.82. The number of hydrogen-bond acceptors (Lipinski definition) is 3. The number of carboxylic acids is 1. The van der Waals surface area contributed by atoms with Gasteiger partial charge in [0.1, 0.15) is 12.6 Å². The number of alkyl halides is 3. The number of rotatable bonds is 5. The van der Waals surface area contributed by atoms with Crippen LogP contribution in [-0.2, 0) is 9.53 Å². The summed E-state index contributed by atoms with van der Waals surface area (Å²) in [6.45, 7) is -0.106. The number of ether oxygens (including phenoxy) is 1. The number of carboxylic acid groups (broad SMARTS) is 1. The molecule has 1 saturated carbocycles. The van der Waals surface area contributed by atoms with Gasteiger partial charge in [0.25, 0.3) is 0 Å². The van der Waals surface area contributed by atoms with Crippen molar-refractivity contribution in [2.45, 2.75) is 37.4 Å². The Hall–Kier alpha value is -3.03. The van der Waals surface area contributed by atoms with E-state index >= 15 is 0 Å². The van der Waals surface area contributed by atoms with Crippen LogP contribution in [0.2, 0.25) is 0 Å². The lowest BCUT2D eigenvalue weighted by atomic mass is 9.63. The van der Waals surface area contributed by atoms with Crippen LogP contribution < -0.4 is 5.32 Å². The molecule has 5 nitrogen and oxygen atoms in total. The number of amides is 1. The summed E-state index contributed by atoms with van der Waals surface area (Å²) in [4.78, 5) is 23.8. The number of nitrogens with one attached hydrogen (secondary N) is 1. The van der Waals surface area contributed by atoms with Crippen molar-refractivity contribution in [3.8, 4) is 11.1 Å². The Morgan fingerprint density at radius 2 is 1.60 bits per heavy atom. The molecule has 1 atom stereocenters. The van der Waals surface area contributed by atoms with E-state index in [1.54, 1.807) is 0 Å². The summed E-state index contributed by atoms with van der Waals surface area (Å²) < 4.78 is 45.8. The molecule has 2 aliphatic carbocycles. The molecule has 158 valence electrons. The SMILES string of the molecule is O=C(NC(C(=O)O)C1(C(F)(F)F)CCC1)OCC1c2ccccc2-c2ccccc21. The zero-order chi connectivity index (χ0) is 21.5. The number of fused-ring (bicyclic) bond motifs is 3. The number of alkyl carbamates (subject to hydrolysis) is 1. The topological polar surface area (TPSA) is 75.6 Å². The van der Waals surface area contributed by atoms with Gasteiger partial charge in [0.05, 0.1) is 5.41 Å². The van der Waals surface area contributed by atoms with Gasteiger partial charge >= 0.3 is 18.2 Å². The van der Waals surface area contributed by atoms with Crippen molar-refractivity contribution < 1.29 is 32.6 Å². The molecule has 2 aromatic rings. The summed E-state index contributed by atoms with van der Waals surface area (Å²) in [5.41, 5.74) is 1.47. The van der Waals surface area contributed by atoms with E-state index in [1.807, 2.05) is 53.8 Å². The molecule has 1 unspecified atom stereocenters. The zero-order valence-electron chi connectivity index (χ0n) is 15.9. The maximum atomic E-state index is 13.5. The van der Waals surface area contributed by atoms with Crippen molar-refractivity contribution in [3.63, 3.8) is 0 Å². The minimum atomic E-state index is -4.73. The predicted molar refractivity (Wildman–Crippen MR) is 102 cm³/mol. The minimum absolute atomic E-state index is 0.106. The minimum Gasteiger partial charge on any atom is -0.480 e. The molecule has 8 heteroatoms. The maximum Gasteiger partial charge on any atom is 0.407 e. The highest BCUT2D eigenvalue weighted by atomic mass is 19.4. The number of hydrogen-bond donors (Lipinski definition) is 2. The molecule has 4 rings (SSSR count). The van der Waals surface area contributed by atoms with Crippen LogP contribution in [-0.4, -0.2) is 36.0 Å². The second-order valence-electron chi connectivity index (χ2n) is 7.75.